The highest BCUT2D eigenvalue weighted by Crippen LogP contribution is 1.88. The van der Waals surface area contributed by atoms with Gasteiger partial charge in [-0.1, -0.05) is 33.1 Å². The van der Waals surface area contributed by atoms with Crippen LogP contribution in [0.25, 0.3) is 0 Å². The van der Waals surface area contributed by atoms with Crippen LogP contribution in [0.5, 0.6) is 0 Å². The van der Waals surface area contributed by atoms with Crippen LogP contribution in [0.1, 0.15) is 47.0 Å². The molecule has 54 valence electrons. The Hall–Kier alpha value is -0.440. The Morgan fingerprint density at radius 2 is 1.22 bits per heavy atom. The summed E-state index contributed by atoms with van der Waals surface area (Å²) < 4.78 is 0. The normalized spacial score (nSPS) is 6.22. The summed E-state index contributed by atoms with van der Waals surface area (Å²) in [5.74, 6) is 5.36. The minimum absolute atomic E-state index is 1.34. The first-order chi connectivity index (χ1) is 4.33. The highest BCUT2D eigenvalue weighted by Gasteiger charge is 1.68. The van der Waals surface area contributed by atoms with E-state index in [0.29, 0.717) is 0 Å². The summed E-state index contributed by atoms with van der Waals surface area (Å²) in [7, 11) is 0. The topological polar surface area (TPSA) is 0 Å². The molecule has 0 amide bonds. The van der Waals surface area contributed by atoms with Crippen LogP contribution in [-0.2, 0) is 0 Å². The second-order valence-corrected chi connectivity index (χ2v) is 1.85. The van der Waals surface area contributed by atoms with Crippen molar-refractivity contribution in [1.82, 2.24) is 0 Å². The predicted octanol–water partition coefficient (Wildman–Crippen LogP) is 3.23. The van der Waals surface area contributed by atoms with Gasteiger partial charge in [0.25, 0.3) is 0 Å². The van der Waals surface area contributed by atoms with E-state index < -0.39 is 0 Å². The van der Waals surface area contributed by atoms with Gasteiger partial charge in [-0.25, -0.2) is 0 Å². The van der Waals surface area contributed by atoms with Crippen molar-refractivity contribution in [1.29, 1.82) is 0 Å². The molecule has 0 heteroatoms. The van der Waals surface area contributed by atoms with Crippen LogP contribution in [0.3, 0.4) is 0 Å². The molecule has 0 radical (unpaired) electrons. The number of unbranched alkanes of at least 4 members (excludes halogenated alkanes) is 2. The summed E-state index contributed by atoms with van der Waals surface area (Å²) >= 11 is 0. The van der Waals surface area contributed by atoms with Gasteiger partial charge in [-0.05, 0) is 13.8 Å². The third-order valence-electron chi connectivity index (χ3n) is 0.957. The zero-order chi connectivity index (χ0) is 7.54. The monoisotopic (exact) mass is 126 g/mol. The van der Waals surface area contributed by atoms with Crippen LogP contribution in [0.2, 0.25) is 0 Å². The molecule has 0 saturated heterocycles. The van der Waals surface area contributed by atoms with Crippen LogP contribution >= 0.6 is 0 Å². The van der Waals surface area contributed by atoms with Crippen LogP contribution in [0.15, 0.2) is 0 Å². The number of rotatable bonds is 2. The molecule has 0 atom stereocenters. The first-order valence-corrected chi connectivity index (χ1v) is 3.66. The fourth-order valence-corrected chi connectivity index (χ4v) is 0.354. The molecule has 0 fully saturated rings. The highest BCUT2D eigenvalue weighted by molar-refractivity contribution is 4.89. The Kier molecular flexibility index (Phi) is 19.8. The molecule has 0 rings (SSSR count). The summed E-state index contributed by atoms with van der Waals surface area (Å²) in [5, 5.41) is 0. The molecule has 0 aliphatic rings. The van der Waals surface area contributed by atoms with Gasteiger partial charge < -0.3 is 0 Å². The Morgan fingerprint density at radius 3 is 1.22 bits per heavy atom. The van der Waals surface area contributed by atoms with Gasteiger partial charge in [0, 0.05) is 0 Å². The van der Waals surface area contributed by atoms with Crippen molar-refractivity contribution in [2.75, 3.05) is 0 Å². The molecule has 0 aliphatic heterocycles. The predicted molar refractivity (Wildman–Crippen MR) is 44.3 cm³/mol. The molecule has 0 aromatic rings. The van der Waals surface area contributed by atoms with Gasteiger partial charge in [0.2, 0.25) is 0 Å². The van der Waals surface area contributed by atoms with Crippen LogP contribution in [-0.4, -0.2) is 0 Å². The van der Waals surface area contributed by atoms with Crippen molar-refractivity contribution < 1.29 is 0 Å². The molecule has 0 heterocycles. The lowest BCUT2D eigenvalue weighted by atomic mass is 10.3. The number of hydrogen-bond acceptors (Lipinski definition) is 0. The SMILES string of the molecule is CC#CC.CCCCC. The van der Waals surface area contributed by atoms with E-state index >= 15 is 0 Å². The van der Waals surface area contributed by atoms with E-state index in [0.717, 1.165) is 0 Å². The van der Waals surface area contributed by atoms with E-state index in [2.05, 4.69) is 25.7 Å². The van der Waals surface area contributed by atoms with Gasteiger partial charge in [0.1, 0.15) is 0 Å². The van der Waals surface area contributed by atoms with Crippen molar-refractivity contribution in [2.24, 2.45) is 0 Å². The van der Waals surface area contributed by atoms with Crippen LogP contribution in [0, 0.1) is 11.8 Å². The molecule has 0 aromatic heterocycles. The van der Waals surface area contributed by atoms with E-state index in [9.17, 15) is 0 Å². The smallest absolute Gasteiger partial charge is 0.00271 e. The van der Waals surface area contributed by atoms with Gasteiger partial charge in [0.05, 0.1) is 0 Å². The van der Waals surface area contributed by atoms with E-state index in [-0.39, 0.29) is 0 Å². The lowest BCUT2D eigenvalue weighted by Gasteiger charge is -1.79. The molecular formula is C9H18. The van der Waals surface area contributed by atoms with Crippen molar-refractivity contribution >= 4 is 0 Å². The summed E-state index contributed by atoms with van der Waals surface area (Å²) in [6.07, 6.45) is 4.08. The van der Waals surface area contributed by atoms with Crippen molar-refractivity contribution in [3.05, 3.63) is 0 Å². The maximum Gasteiger partial charge on any atom is -0.00271 e. The van der Waals surface area contributed by atoms with Crippen molar-refractivity contribution in [2.45, 2.75) is 47.0 Å². The maximum absolute atomic E-state index is 2.68. The van der Waals surface area contributed by atoms with Crippen LogP contribution < -0.4 is 0 Å². The van der Waals surface area contributed by atoms with Gasteiger partial charge >= 0.3 is 0 Å². The van der Waals surface area contributed by atoms with Crippen molar-refractivity contribution in [3.63, 3.8) is 0 Å². The first-order valence-electron chi connectivity index (χ1n) is 3.66. The van der Waals surface area contributed by atoms with Gasteiger partial charge in [0.15, 0.2) is 0 Å². The minimum atomic E-state index is 1.34. The third kappa shape index (κ3) is 35.7. The van der Waals surface area contributed by atoms with Gasteiger partial charge in [-0.2, -0.15) is 0 Å². The summed E-state index contributed by atoms with van der Waals surface area (Å²) in [6, 6.07) is 0. The standard InChI is InChI=1S/C5H12.C4H6/c1-3-5-4-2;1-3-4-2/h3-5H2,1-2H3;1-2H3. The lowest BCUT2D eigenvalue weighted by molar-refractivity contribution is 0.772. The number of hydrogen-bond donors (Lipinski definition) is 0. The average Bonchev–Trinajstić information content (AvgIpc) is 1.91. The van der Waals surface area contributed by atoms with E-state index in [1.54, 1.807) is 0 Å². The molecule has 0 aromatic carbocycles. The Balaban J connectivity index is 0. The molecule has 0 bridgehead atoms. The fraction of sp³-hybridized carbons (Fsp3) is 0.778. The highest BCUT2D eigenvalue weighted by atomic mass is 13.7. The molecule has 0 N–H and O–H groups in total. The zero-order valence-electron chi connectivity index (χ0n) is 7.12. The molecule has 0 saturated carbocycles. The third-order valence-corrected chi connectivity index (χ3v) is 0.957. The van der Waals surface area contributed by atoms with E-state index in [1.165, 1.54) is 19.3 Å². The lowest BCUT2D eigenvalue weighted by Crippen LogP contribution is -1.59. The molecular weight excluding hydrogens is 108 g/mol. The largest absolute Gasteiger partial charge is 0.107 e. The maximum atomic E-state index is 2.68. The Morgan fingerprint density at radius 1 is 0.889 bits per heavy atom. The van der Waals surface area contributed by atoms with Gasteiger partial charge in [-0.15, -0.1) is 11.8 Å². The summed E-state index contributed by atoms with van der Waals surface area (Å²) in [5.41, 5.74) is 0. The first kappa shape index (κ1) is 11.4. The summed E-state index contributed by atoms with van der Waals surface area (Å²) in [4.78, 5) is 0. The zero-order valence-corrected chi connectivity index (χ0v) is 7.12. The Labute approximate surface area is 59.7 Å². The quantitative estimate of drug-likeness (QED) is 0.498. The second-order valence-electron chi connectivity index (χ2n) is 1.85. The fourth-order valence-electron chi connectivity index (χ4n) is 0.354. The minimum Gasteiger partial charge on any atom is -0.107 e. The van der Waals surface area contributed by atoms with Crippen molar-refractivity contribution in [3.8, 4) is 11.8 Å². The average molecular weight is 126 g/mol. The molecule has 0 unspecified atom stereocenters. The second kappa shape index (κ2) is 15.6. The Bertz CT molecular complexity index is 63.8. The molecule has 0 aliphatic carbocycles. The molecule has 0 nitrogen and oxygen atoms in total. The van der Waals surface area contributed by atoms with Gasteiger partial charge in [-0.3, -0.25) is 0 Å². The molecule has 0 spiro atoms. The van der Waals surface area contributed by atoms with Crippen LogP contribution in [0.4, 0.5) is 0 Å². The molecule has 9 heavy (non-hydrogen) atoms. The van der Waals surface area contributed by atoms with E-state index in [4.69, 9.17) is 0 Å². The van der Waals surface area contributed by atoms with E-state index in [1.807, 2.05) is 13.8 Å². The summed E-state index contributed by atoms with van der Waals surface area (Å²) in [6.45, 7) is 8.06.